The van der Waals surface area contributed by atoms with Crippen molar-refractivity contribution in [2.24, 2.45) is 0 Å². The standard InChI is InChI=1S/C19H29N3O4S/c1-5-8-11-20-19(24)18-13-15-12-16(27(25,26)21(6-2)7-3)9-10-17(15)22(18)14(4)23/h9-10,12,18H,5-8,11,13H2,1-4H3,(H,20,24)/t18-/m1/s1. The zero-order valence-electron chi connectivity index (χ0n) is 16.5. The zero-order chi connectivity index (χ0) is 20.2. The third kappa shape index (κ3) is 4.32. The summed E-state index contributed by atoms with van der Waals surface area (Å²) in [6, 6.07) is 4.10. The zero-order valence-corrected chi connectivity index (χ0v) is 17.3. The van der Waals surface area contributed by atoms with Crippen molar-refractivity contribution in [3.8, 4) is 0 Å². The Morgan fingerprint density at radius 2 is 1.89 bits per heavy atom. The number of benzene rings is 1. The Bertz CT molecular complexity index is 803. The highest BCUT2D eigenvalue weighted by molar-refractivity contribution is 7.89. The van der Waals surface area contributed by atoms with Crippen molar-refractivity contribution in [2.45, 2.75) is 57.9 Å². The molecule has 1 heterocycles. The first-order valence-electron chi connectivity index (χ1n) is 9.48. The molecular formula is C19H29N3O4S. The summed E-state index contributed by atoms with van der Waals surface area (Å²) in [5.74, 6) is -0.438. The van der Waals surface area contributed by atoms with Crippen LogP contribution in [-0.2, 0) is 26.0 Å². The molecule has 1 atom stereocenters. The van der Waals surface area contributed by atoms with Crippen molar-refractivity contribution in [1.29, 1.82) is 0 Å². The summed E-state index contributed by atoms with van der Waals surface area (Å²) in [5.41, 5.74) is 1.31. The number of anilines is 1. The highest BCUT2D eigenvalue weighted by Crippen LogP contribution is 2.34. The van der Waals surface area contributed by atoms with Gasteiger partial charge in [-0.3, -0.25) is 14.5 Å². The average molecular weight is 396 g/mol. The molecule has 0 bridgehead atoms. The number of nitrogens with zero attached hydrogens (tertiary/aromatic N) is 2. The summed E-state index contributed by atoms with van der Waals surface area (Å²) < 4.78 is 26.9. The van der Waals surface area contributed by atoms with Gasteiger partial charge in [0, 0.05) is 38.7 Å². The molecule has 0 fully saturated rings. The minimum Gasteiger partial charge on any atom is -0.354 e. The van der Waals surface area contributed by atoms with E-state index in [1.54, 1.807) is 26.0 Å². The van der Waals surface area contributed by atoms with Gasteiger partial charge in [-0.2, -0.15) is 4.31 Å². The number of carbonyl (C=O) groups excluding carboxylic acids is 2. The molecule has 8 heteroatoms. The summed E-state index contributed by atoms with van der Waals surface area (Å²) in [5, 5.41) is 2.87. The molecule has 0 radical (unpaired) electrons. The normalized spacial score (nSPS) is 16.5. The second-order valence-corrected chi connectivity index (χ2v) is 8.57. The SMILES string of the molecule is CCCCNC(=O)[C@H]1Cc2cc(S(=O)(=O)N(CC)CC)ccc2N1C(C)=O. The van der Waals surface area contributed by atoms with E-state index in [1.807, 2.05) is 6.92 Å². The average Bonchev–Trinajstić information content (AvgIpc) is 3.01. The van der Waals surface area contributed by atoms with Crippen LogP contribution in [0.15, 0.2) is 23.1 Å². The molecule has 150 valence electrons. The summed E-state index contributed by atoms with van der Waals surface area (Å²) in [6.07, 6.45) is 2.15. The van der Waals surface area contributed by atoms with Gasteiger partial charge in [0.25, 0.3) is 0 Å². The molecule has 1 N–H and O–H groups in total. The van der Waals surface area contributed by atoms with E-state index in [0.717, 1.165) is 12.8 Å². The predicted octanol–water partition coefficient (Wildman–Crippen LogP) is 1.91. The molecule has 1 aliphatic rings. The van der Waals surface area contributed by atoms with Gasteiger partial charge in [0.2, 0.25) is 21.8 Å². The van der Waals surface area contributed by atoms with Crippen LogP contribution in [0.4, 0.5) is 5.69 Å². The molecule has 0 aromatic heterocycles. The number of carbonyl (C=O) groups is 2. The van der Waals surface area contributed by atoms with Gasteiger partial charge in [-0.05, 0) is 30.2 Å². The highest BCUT2D eigenvalue weighted by Gasteiger charge is 2.37. The molecule has 1 aliphatic heterocycles. The lowest BCUT2D eigenvalue weighted by Crippen LogP contribution is -2.47. The number of rotatable bonds is 8. The van der Waals surface area contributed by atoms with Gasteiger partial charge in [0.15, 0.2) is 0 Å². The Hall–Kier alpha value is -1.93. The molecule has 27 heavy (non-hydrogen) atoms. The van der Waals surface area contributed by atoms with E-state index >= 15 is 0 Å². The Morgan fingerprint density at radius 1 is 1.22 bits per heavy atom. The van der Waals surface area contributed by atoms with Crippen LogP contribution >= 0.6 is 0 Å². The maximum absolute atomic E-state index is 12.8. The molecule has 0 unspecified atom stereocenters. The third-order valence-electron chi connectivity index (χ3n) is 4.85. The van der Waals surface area contributed by atoms with Crippen LogP contribution in [0.25, 0.3) is 0 Å². The van der Waals surface area contributed by atoms with Crippen molar-refractivity contribution in [3.63, 3.8) is 0 Å². The van der Waals surface area contributed by atoms with Gasteiger partial charge in [-0.25, -0.2) is 8.42 Å². The lowest BCUT2D eigenvalue weighted by molar-refractivity contribution is -0.125. The first-order valence-corrected chi connectivity index (χ1v) is 10.9. The molecule has 1 aromatic rings. The lowest BCUT2D eigenvalue weighted by atomic mass is 10.1. The van der Waals surface area contributed by atoms with Gasteiger partial charge < -0.3 is 5.32 Å². The number of nitrogens with one attached hydrogen (secondary N) is 1. The number of sulfonamides is 1. The molecule has 0 saturated heterocycles. The van der Waals surface area contributed by atoms with Crippen LogP contribution in [0.3, 0.4) is 0 Å². The fourth-order valence-corrected chi connectivity index (χ4v) is 4.92. The van der Waals surface area contributed by atoms with Gasteiger partial charge >= 0.3 is 0 Å². The van der Waals surface area contributed by atoms with Crippen molar-refractivity contribution in [1.82, 2.24) is 9.62 Å². The molecular weight excluding hydrogens is 366 g/mol. The Balaban J connectivity index is 2.34. The number of fused-ring (bicyclic) bond motifs is 1. The van der Waals surface area contributed by atoms with E-state index in [0.29, 0.717) is 37.3 Å². The third-order valence-corrected chi connectivity index (χ3v) is 6.90. The number of hydrogen-bond acceptors (Lipinski definition) is 4. The second kappa shape index (κ2) is 8.84. The number of unbranched alkanes of at least 4 members (excludes halogenated alkanes) is 1. The van der Waals surface area contributed by atoms with E-state index in [1.165, 1.54) is 22.2 Å². The Kier molecular flexibility index (Phi) is 7.00. The maximum atomic E-state index is 12.8. The van der Waals surface area contributed by atoms with Crippen LogP contribution < -0.4 is 10.2 Å². The van der Waals surface area contributed by atoms with E-state index in [9.17, 15) is 18.0 Å². The topological polar surface area (TPSA) is 86.8 Å². The highest BCUT2D eigenvalue weighted by atomic mass is 32.2. The van der Waals surface area contributed by atoms with Crippen molar-refractivity contribution in [2.75, 3.05) is 24.5 Å². The minimum atomic E-state index is -3.59. The predicted molar refractivity (Wildman–Crippen MR) is 105 cm³/mol. The van der Waals surface area contributed by atoms with Crippen LogP contribution in [0.2, 0.25) is 0 Å². The smallest absolute Gasteiger partial charge is 0.243 e. The summed E-state index contributed by atoms with van der Waals surface area (Å²) in [7, 11) is -3.59. The first kappa shape index (κ1) is 21.4. The Labute approximate surface area is 161 Å². The fourth-order valence-electron chi connectivity index (χ4n) is 3.41. The maximum Gasteiger partial charge on any atom is 0.243 e. The largest absolute Gasteiger partial charge is 0.354 e. The molecule has 7 nitrogen and oxygen atoms in total. The fraction of sp³-hybridized carbons (Fsp3) is 0.579. The molecule has 2 amide bonds. The summed E-state index contributed by atoms with van der Waals surface area (Å²) in [6.45, 7) is 8.38. The molecule has 0 saturated carbocycles. The molecule has 1 aromatic carbocycles. The van der Waals surface area contributed by atoms with E-state index in [-0.39, 0.29) is 16.7 Å². The molecule has 2 rings (SSSR count). The van der Waals surface area contributed by atoms with Crippen LogP contribution in [-0.4, -0.2) is 50.2 Å². The van der Waals surface area contributed by atoms with Crippen molar-refractivity contribution < 1.29 is 18.0 Å². The first-order chi connectivity index (χ1) is 12.8. The minimum absolute atomic E-state index is 0.195. The van der Waals surface area contributed by atoms with Crippen molar-refractivity contribution in [3.05, 3.63) is 23.8 Å². The Morgan fingerprint density at radius 3 is 2.44 bits per heavy atom. The van der Waals surface area contributed by atoms with E-state index < -0.39 is 16.1 Å². The van der Waals surface area contributed by atoms with Crippen LogP contribution in [0.5, 0.6) is 0 Å². The summed E-state index contributed by atoms with van der Waals surface area (Å²) >= 11 is 0. The number of hydrogen-bond donors (Lipinski definition) is 1. The quantitative estimate of drug-likeness (QED) is 0.681. The van der Waals surface area contributed by atoms with Crippen molar-refractivity contribution >= 4 is 27.5 Å². The lowest BCUT2D eigenvalue weighted by Gasteiger charge is -2.23. The van der Waals surface area contributed by atoms with Gasteiger partial charge in [0.1, 0.15) is 6.04 Å². The molecule has 0 spiro atoms. The molecule has 0 aliphatic carbocycles. The van der Waals surface area contributed by atoms with E-state index in [4.69, 9.17) is 0 Å². The van der Waals surface area contributed by atoms with Gasteiger partial charge in [-0.1, -0.05) is 27.2 Å². The van der Waals surface area contributed by atoms with Gasteiger partial charge in [-0.15, -0.1) is 0 Å². The van der Waals surface area contributed by atoms with Crippen LogP contribution in [0, 0.1) is 0 Å². The van der Waals surface area contributed by atoms with E-state index in [2.05, 4.69) is 5.32 Å². The second-order valence-electron chi connectivity index (χ2n) is 6.63. The van der Waals surface area contributed by atoms with Crippen LogP contribution in [0.1, 0.15) is 46.1 Å². The summed E-state index contributed by atoms with van der Waals surface area (Å²) in [4.78, 5) is 26.4. The monoisotopic (exact) mass is 395 g/mol. The number of amides is 2. The van der Waals surface area contributed by atoms with Gasteiger partial charge in [0.05, 0.1) is 4.90 Å².